The number of imidazole rings is 1. The van der Waals surface area contributed by atoms with Crippen LogP contribution in [0.2, 0.25) is 0 Å². The SMILES string of the molecule is CCCCNC(=O)[C@@H]1C[C@@H](O)Nc2nc3ccccc3n21. The van der Waals surface area contributed by atoms with Crippen molar-refractivity contribution in [2.45, 2.75) is 38.5 Å². The standard InChI is InChI=1S/C15H20N4O2/c1-2-3-8-16-14(21)12-9-13(20)18-15-17-10-6-4-5-7-11(10)19(12)15/h4-7,12-13,20H,2-3,8-9H2,1H3,(H,16,21)(H,17,18)/t12-,13+/m0/s1. The minimum absolute atomic E-state index is 0.0617. The Morgan fingerprint density at radius 2 is 2.33 bits per heavy atom. The number of carbonyl (C=O) groups is 1. The number of para-hydroxylation sites is 2. The third-order valence-corrected chi connectivity index (χ3v) is 3.78. The highest BCUT2D eigenvalue weighted by Crippen LogP contribution is 2.31. The monoisotopic (exact) mass is 288 g/mol. The number of anilines is 1. The number of hydrogen-bond donors (Lipinski definition) is 3. The number of unbranched alkanes of at least 4 members (excludes halogenated alkanes) is 1. The predicted octanol–water partition coefficient (Wildman–Crippen LogP) is 1.63. The highest BCUT2D eigenvalue weighted by molar-refractivity contribution is 5.86. The molecule has 0 saturated carbocycles. The lowest BCUT2D eigenvalue weighted by molar-refractivity contribution is -0.125. The van der Waals surface area contributed by atoms with Crippen LogP contribution < -0.4 is 10.6 Å². The van der Waals surface area contributed by atoms with Gasteiger partial charge in [-0.2, -0.15) is 0 Å². The fraction of sp³-hybridized carbons (Fsp3) is 0.467. The second kappa shape index (κ2) is 5.73. The maximum absolute atomic E-state index is 12.4. The normalized spacial score (nSPS) is 20.9. The van der Waals surface area contributed by atoms with Crippen molar-refractivity contribution in [1.82, 2.24) is 14.9 Å². The van der Waals surface area contributed by atoms with E-state index in [9.17, 15) is 9.90 Å². The molecular formula is C15H20N4O2. The van der Waals surface area contributed by atoms with Crippen molar-refractivity contribution >= 4 is 22.9 Å². The van der Waals surface area contributed by atoms with Gasteiger partial charge in [0.15, 0.2) is 0 Å². The number of hydrogen-bond acceptors (Lipinski definition) is 4. The average Bonchev–Trinajstić information content (AvgIpc) is 2.84. The number of aliphatic hydroxyl groups is 1. The molecule has 3 rings (SSSR count). The molecule has 21 heavy (non-hydrogen) atoms. The molecule has 0 unspecified atom stereocenters. The summed E-state index contributed by atoms with van der Waals surface area (Å²) >= 11 is 0. The number of benzene rings is 1. The molecule has 0 fully saturated rings. The summed E-state index contributed by atoms with van der Waals surface area (Å²) in [5.74, 6) is 0.485. The Morgan fingerprint density at radius 1 is 1.52 bits per heavy atom. The van der Waals surface area contributed by atoms with E-state index in [4.69, 9.17) is 0 Å². The Bertz CT molecular complexity index is 652. The zero-order chi connectivity index (χ0) is 14.8. The first-order valence-electron chi connectivity index (χ1n) is 7.40. The minimum Gasteiger partial charge on any atom is -0.374 e. The lowest BCUT2D eigenvalue weighted by Crippen LogP contribution is -2.40. The van der Waals surface area contributed by atoms with Crippen molar-refractivity contribution < 1.29 is 9.90 Å². The number of carbonyl (C=O) groups excluding carboxylic acids is 1. The summed E-state index contributed by atoms with van der Waals surface area (Å²) in [5, 5.41) is 15.8. The molecule has 2 heterocycles. The van der Waals surface area contributed by atoms with E-state index in [1.54, 1.807) is 0 Å². The van der Waals surface area contributed by atoms with E-state index in [2.05, 4.69) is 22.5 Å². The number of aromatic nitrogens is 2. The van der Waals surface area contributed by atoms with Gasteiger partial charge in [0.25, 0.3) is 0 Å². The molecule has 112 valence electrons. The van der Waals surface area contributed by atoms with Gasteiger partial charge < -0.3 is 15.7 Å². The van der Waals surface area contributed by atoms with Crippen LogP contribution in [0.15, 0.2) is 24.3 Å². The maximum Gasteiger partial charge on any atom is 0.243 e. The van der Waals surface area contributed by atoms with Gasteiger partial charge in [0.2, 0.25) is 11.9 Å². The maximum atomic E-state index is 12.4. The number of aliphatic hydroxyl groups excluding tert-OH is 1. The summed E-state index contributed by atoms with van der Waals surface area (Å²) in [6.07, 6.45) is 1.58. The van der Waals surface area contributed by atoms with Gasteiger partial charge in [-0.25, -0.2) is 4.98 Å². The summed E-state index contributed by atoms with van der Waals surface area (Å²) in [6, 6.07) is 7.25. The number of amides is 1. The Hall–Kier alpha value is -2.08. The fourth-order valence-electron chi connectivity index (χ4n) is 2.72. The van der Waals surface area contributed by atoms with Crippen molar-refractivity contribution in [3.8, 4) is 0 Å². The van der Waals surface area contributed by atoms with Gasteiger partial charge in [-0.3, -0.25) is 9.36 Å². The van der Waals surface area contributed by atoms with Gasteiger partial charge in [-0.15, -0.1) is 0 Å². The largest absolute Gasteiger partial charge is 0.374 e. The van der Waals surface area contributed by atoms with E-state index in [1.807, 2.05) is 28.8 Å². The van der Waals surface area contributed by atoms with Crippen molar-refractivity contribution in [1.29, 1.82) is 0 Å². The van der Waals surface area contributed by atoms with Gasteiger partial charge in [0.05, 0.1) is 11.0 Å². The van der Waals surface area contributed by atoms with E-state index in [1.165, 1.54) is 0 Å². The third-order valence-electron chi connectivity index (χ3n) is 3.78. The summed E-state index contributed by atoms with van der Waals surface area (Å²) in [4.78, 5) is 16.9. The van der Waals surface area contributed by atoms with Crippen LogP contribution >= 0.6 is 0 Å². The highest BCUT2D eigenvalue weighted by Gasteiger charge is 2.32. The lowest BCUT2D eigenvalue weighted by Gasteiger charge is -2.29. The molecule has 2 atom stereocenters. The molecule has 0 radical (unpaired) electrons. The zero-order valence-electron chi connectivity index (χ0n) is 12.0. The van der Waals surface area contributed by atoms with E-state index in [0.29, 0.717) is 18.9 Å². The zero-order valence-corrected chi connectivity index (χ0v) is 12.0. The Balaban J connectivity index is 1.94. The van der Waals surface area contributed by atoms with Gasteiger partial charge >= 0.3 is 0 Å². The van der Waals surface area contributed by atoms with Crippen LogP contribution in [-0.2, 0) is 4.79 Å². The van der Waals surface area contributed by atoms with E-state index in [-0.39, 0.29) is 5.91 Å². The van der Waals surface area contributed by atoms with Crippen LogP contribution in [0.4, 0.5) is 5.95 Å². The van der Waals surface area contributed by atoms with Crippen LogP contribution in [0, 0.1) is 0 Å². The van der Waals surface area contributed by atoms with Gasteiger partial charge in [-0.1, -0.05) is 25.5 Å². The summed E-state index contributed by atoms with van der Waals surface area (Å²) < 4.78 is 1.88. The molecule has 1 aromatic heterocycles. The first kappa shape index (κ1) is 13.9. The molecule has 1 aliphatic heterocycles. The van der Waals surface area contributed by atoms with Crippen LogP contribution in [-0.4, -0.2) is 33.3 Å². The van der Waals surface area contributed by atoms with Crippen LogP contribution in [0.5, 0.6) is 0 Å². The van der Waals surface area contributed by atoms with Crippen molar-refractivity contribution in [3.05, 3.63) is 24.3 Å². The molecule has 1 aromatic carbocycles. The number of nitrogens with one attached hydrogen (secondary N) is 2. The smallest absolute Gasteiger partial charge is 0.243 e. The molecular weight excluding hydrogens is 268 g/mol. The fourth-order valence-corrected chi connectivity index (χ4v) is 2.72. The Morgan fingerprint density at radius 3 is 3.14 bits per heavy atom. The number of rotatable bonds is 4. The third kappa shape index (κ3) is 2.58. The Labute approximate surface area is 123 Å². The van der Waals surface area contributed by atoms with Gasteiger partial charge in [0, 0.05) is 13.0 Å². The molecule has 2 aromatic rings. The molecule has 1 aliphatic rings. The van der Waals surface area contributed by atoms with Crippen molar-refractivity contribution in [2.24, 2.45) is 0 Å². The van der Waals surface area contributed by atoms with Crippen LogP contribution in [0.3, 0.4) is 0 Å². The summed E-state index contributed by atoms with van der Waals surface area (Å²) in [5.41, 5.74) is 1.72. The van der Waals surface area contributed by atoms with E-state index < -0.39 is 12.3 Å². The Kier molecular flexibility index (Phi) is 3.79. The summed E-state index contributed by atoms with van der Waals surface area (Å²) in [7, 11) is 0. The highest BCUT2D eigenvalue weighted by atomic mass is 16.3. The average molecular weight is 288 g/mol. The first-order chi connectivity index (χ1) is 10.2. The van der Waals surface area contributed by atoms with Crippen molar-refractivity contribution in [3.63, 3.8) is 0 Å². The minimum atomic E-state index is -0.753. The molecule has 0 bridgehead atoms. The van der Waals surface area contributed by atoms with Crippen LogP contribution in [0.25, 0.3) is 11.0 Å². The quantitative estimate of drug-likeness (QED) is 0.747. The number of fused-ring (bicyclic) bond motifs is 3. The lowest BCUT2D eigenvalue weighted by atomic mass is 10.1. The molecule has 6 heteroatoms. The van der Waals surface area contributed by atoms with E-state index in [0.717, 1.165) is 23.9 Å². The molecule has 1 amide bonds. The number of nitrogens with zero attached hydrogens (tertiary/aromatic N) is 2. The second-order valence-corrected chi connectivity index (χ2v) is 5.35. The molecule has 0 aliphatic carbocycles. The van der Waals surface area contributed by atoms with Crippen LogP contribution in [0.1, 0.15) is 32.2 Å². The van der Waals surface area contributed by atoms with Gasteiger partial charge in [-0.05, 0) is 18.6 Å². The van der Waals surface area contributed by atoms with Crippen molar-refractivity contribution in [2.75, 3.05) is 11.9 Å². The molecule has 3 N–H and O–H groups in total. The van der Waals surface area contributed by atoms with Gasteiger partial charge in [0.1, 0.15) is 12.3 Å². The summed E-state index contributed by atoms with van der Waals surface area (Å²) in [6.45, 7) is 2.75. The predicted molar refractivity (Wildman–Crippen MR) is 80.9 cm³/mol. The molecule has 0 saturated heterocycles. The second-order valence-electron chi connectivity index (χ2n) is 5.35. The first-order valence-corrected chi connectivity index (χ1v) is 7.40. The molecule has 6 nitrogen and oxygen atoms in total. The topological polar surface area (TPSA) is 79.2 Å². The van der Waals surface area contributed by atoms with E-state index >= 15 is 0 Å². The molecule has 0 spiro atoms.